The van der Waals surface area contributed by atoms with Crippen molar-refractivity contribution in [2.24, 2.45) is 0 Å². The Morgan fingerprint density at radius 1 is 0.720 bits per heavy atom. The van der Waals surface area contributed by atoms with Crippen molar-refractivity contribution < 1.29 is 14.7 Å². The van der Waals surface area contributed by atoms with Gasteiger partial charge in [0.25, 0.3) is 0 Å². The molecule has 0 unspecified atom stereocenters. The van der Waals surface area contributed by atoms with Crippen molar-refractivity contribution in [1.82, 2.24) is 0 Å². The molecule has 0 saturated carbocycles. The van der Waals surface area contributed by atoms with Gasteiger partial charge in [-0.25, -0.2) is 4.79 Å². The van der Waals surface area contributed by atoms with Crippen molar-refractivity contribution in [3.63, 3.8) is 0 Å². The Labute approximate surface area is 145 Å². The van der Waals surface area contributed by atoms with Crippen LogP contribution in [0.3, 0.4) is 0 Å². The lowest BCUT2D eigenvalue weighted by Crippen LogP contribution is -2.14. The lowest BCUT2D eigenvalue weighted by atomic mass is 10.0. The molecule has 0 amide bonds. The molecular formula is C21H17NO3. The third-order valence-electron chi connectivity index (χ3n) is 3.90. The number of anilines is 1. The van der Waals surface area contributed by atoms with Gasteiger partial charge in [-0.05, 0) is 35.4 Å². The molecule has 3 rings (SSSR count). The SMILES string of the molecule is O=C(O)c1ccc(NCC(=O)c2ccc(-c3ccccc3)cc2)cc1. The van der Waals surface area contributed by atoms with E-state index in [0.29, 0.717) is 11.3 Å². The largest absolute Gasteiger partial charge is 0.478 e. The van der Waals surface area contributed by atoms with E-state index in [-0.39, 0.29) is 17.9 Å². The number of benzene rings is 3. The van der Waals surface area contributed by atoms with Crippen LogP contribution in [0, 0.1) is 0 Å². The summed E-state index contributed by atoms with van der Waals surface area (Å²) in [5.74, 6) is -0.997. The molecule has 3 aromatic rings. The highest BCUT2D eigenvalue weighted by atomic mass is 16.4. The van der Waals surface area contributed by atoms with Gasteiger partial charge in [0, 0.05) is 11.3 Å². The number of aromatic carboxylic acids is 1. The Morgan fingerprint density at radius 3 is 1.88 bits per heavy atom. The van der Waals surface area contributed by atoms with E-state index in [1.165, 1.54) is 12.1 Å². The number of Topliss-reactive ketones (excluding diaryl/α,β-unsaturated/α-hetero) is 1. The van der Waals surface area contributed by atoms with Gasteiger partial charge in [0.15, 0.2) is 5.78 Å². The lowest BCUT2D eigenvalue weighted by Gasteiger charge is -2.07. The summed E-state index contributed by atoms with van der Waals surface area (Å²) in [4.78, 5) is 23.1. The normalized spacial score (nSPS) is 10.2. The van der Waals surface area contributed by atoms with Crippen molar-refractivity contribution >= 4 is 17.4 Å². The Balaban J connectivity index is 1.62. The highest BCUT2D eigenvalue weighted by molar-refractivity contribution is 5.99. The first-order chi connectivity index (χ1) is 12.1. The van der Waals surface area contributed by atoms with Gasteiger partial charge in [-0.2, -0.15) is 0 Å². The van der Waals surface area contributed by atoms with Gasteiger partial charge in [0.05, 0.1) is 12.1 Å². The molecule has 0 aliphatic carbocycles. The zero-order valence-electron chi connectivity index (χ0n) is 13.5. The van der Waals surface area contributed by atoms with Crippen LogP contribution < -0.4 is 5.32 Å². The molecule has 0 spiro atoms. The molecular weight excluding hydrogens is 314 g/mol. The summed E-state index contributed by atoms with van der Waals surface area (Å²) in [6, 6.07) is 23.8. The van der Waals surface area contributed by atoms with Gasteiger partial charge in [0.1, 0.15) is 0 Å². The molecule has 0 saturated heterocycles. The highest BCUT2D eigenvalue weighted by Gasteiger charge is 2.07. The molecule has 0 radical (unpaired) electrons. The molecule has 2 N–H and O–H groups in total. The van der Waals surface area contributed by atoms with Crippen LogP contribution in [0.1, 0.15) is 20.7 Å². The predicted molar refractivity (Wildman–Crippen MR) is 98.1 cm³/mol. The Hall–Kier alpha value is -3.40. The first-order valence-electron chi connectivity index (χ1n) is 7.89. The van der Waals surface area contributed by atoms with Gasteiger partial charge in [-0.3, -0.25) is 4.79 Å². The number of rotatable bonds is 6. The molecule has 0 heterocycles. The minimum absolute atomic E-state index is 0.0260. The molecule has 4 nitrogen and oxygen atoms in total. The van der Waals surface area contributed by atoms with Crippen molar-refractivity contribution in [1.29, 1.82) is 0 Å². The summed E-state index contributed by atoms with van der Waals surface area (Å²) in [6.07, 6.45) is 0. The van der Waals surface area contributed by atoms with Gasteiger partial charge in [-0.15, -0.1) is 0 Å². The minimum Gasteiger partial charge on any atom is -0.478 e. The fourth-order valence-corrected chi connectivity index (χ4v) is 2.49. The fourth-order valence-electron chi connectivity index (χ4n) is 2.49. The van der Waals surface area contributed by atoms with Crippen LogP contribution in [-0.4, -0.2) is 23.4 Å². The molecule has 0 aliphatic heterocycles. The van der Waals surface area contributed by atoms with E-state index in [4.69, 9.17) is 5.11 Å². The van der Waals surface area contributed by atoms with Crippen LogP contribution in [0.25, 0.3) is 11.1 Å². The van der Waals surface area contributed by atoms with Crippen LogP contribution in [0.15, 0.2) is 78.9 Å². The van der Waals surface area contributed by atoms with E-state index >= 15 is 0 Å². The summed E-state index contributed by atoms with van der Waals surface area (Å²) in [5, 5.41) is 11.9. The van der Waals surface area contributed by atoms with E-state index in [2.05, 4.69) is 5.32 Å². The maximum atomic E-state index is 12.3. The first-order valence-corrected chi connectivity index (χ1v) is 7.89. The predicted octanol–water partition coefficient (Wildman–Crippen LogP) is 4.35. The van der Waals surface area contributed by atoms with E-state index < -0.39 is 5.97 Å². The molecule has 0 fully saturated rings. The van der Waals surface area contributed by atoms with Gasteiger partial charge in [-0.1, -0.05) is 54.6 Å². The number of nitrogens with one attached hydrogen (secondary N) is 1. The van der Waals surface area contributed by atoms with Crippen LogP contribution in [0.5, 0.6) is 0 Å². The van der Waals surface area contributed by atoms with E-state index in [0.717, 1.165) is 11.1 Å². The third kappa shape index (κ3) is 4.12. The number of carbonyl (C=O) groups is 2. The molecule has 25 heavy (non-hydrogen) atoms. The molecule has 3 aromatic carbocycles. The number of carbonyl (C=O) groups excluding carboxylic acids is 1. The quantitative estimate of drug-likeness (QED) is 0.659. The highest BCUT2D eigenvalue weighted by Crippen LogP contribution is 2.19. The zero-order valence-corrected chi connectivity index (χ0v) is 13.5. The summed E-state index contributed by atoms with van der Waals surface area (Å²) in [6.45, 7) is 0.150. The second-order valence-corrected chi connectivity index (χ2v) is 5.60. The van der Waals surface area contributed by atoms with Crippen molar-refractivity contribution in [2.75, 3.05) is 11.9 Å². The van der Waals surface area contributed by atoms with Crippen molar-refractivity contribution in [3.05, 3.63) is 90.0 Å². The van der Waals surface area contributed by atoms with Crippen LogP contribution >= 0.6 is 0 Å². The summed E-state index contributed by atoms with van der Waals surface area (Å²) < 4.78 is 0. The van der Waals surface area contributed by atoms with Gasteiger partial charge >= 0.3 is 5.97 Å². The number of carboxylic acids is 1. The van der Waals surface area contributed by atoms with Gasteiger partial charge in [0.2, 0.25) is 0 Å². The second-order valence-electron chi connectivity index (χ2n) is 5.60. The third-order valence-corrected chi connectivity index (χ3v) is 3.90. The standard InChI is InChI=1S/C21H17NO3/c23-20(14-22-19-12-10-18(11-13-19)21(24)25)17-8-6-16(7-9-17)15-4-2-1-3-5-15/h1-13,22H,14H2,(H,24,25). The van der Waals surface area contributed by atoms with Crippen molar-refractivity contribution in [3.8, 4) is 11.1 Å². The summed E-state index contributed by atoms with van der Waals surface area (Å²) >= 11 is 0. The Kier molecular flexibility index (Phi) is 4.90. The van der Waals surface area contributed by atoms with Gasteiger partial charge < -0.3 is 10.4 Å². The average molecular weight is 331 g/mol. The van der Waals surface area contributed by atoms with Crippen LogP contribution in [0.4, 0.5) is 5.69 Å². The first kappa shape index (κ1) is 16.5. The number of ketones is 1. The number of carboxylic acid groups (broad SMARTS) is 1. The topological polar surface area (TPSA) is 66.4 Å². The van der Waals surface area contributed by atoms with Crippen molar-refractivity contribution in [2.45, 2.75) is 0 Å². The second kappa shape index (κ2) is 7.45. The van der Waals surface area contributed by atoms with Crippen LogP contribution in [-0.2, 0) is 0 Å². The molecule has 0 aliphatic rings. The fraction of sp³-hybridized carbons (Fsp3) is 0.0476. The number of hydrogen-bond acceptors (Lipinski definition) is 3. The minimum atomic E-state index is -0.971. The molecule has 124 valence electrons. The van der Waals surface area contributed by atoms with E-state index in [1.807, 2.05) is 54.6 Å². The maximum absolute atomic E-state index is 12.3. The molecule has 0 aromatic heterocycles. The summed E-state index contributed by atoms with van der Waals surface area (Å²) in [7, 11) is 0. The molecule has 0 bridgehead atoms. The summed E-state index contributed by atoms with van der Waals surface area (Å²) in [5.41, 5.74) is 3.73. The monoisotopic (exact) mass is 331 g/mol. The Morgan fingerprint density at radius 2 is 1.28 bits per heavy atom. The maximum Gasteiger partial charge on any atom is 0.335 e. The molecule has 4 heteroatoms. The smallest absolute Gasteiger partial charge is 0.335 e. The lowest BCUT2D eigenvalue weighted by molar-refractivity contribution is 0.0696. The molecule has 0 atom stereocenters. The van der Waals surface area contributed by atoms with Crippen LogP contribution in [0.2, 0.25) is 0 Å². The van der Waals surface area contributed by atoms with E-state index in [1.54, 1.807) is 12.1 Å². The zero-order chi connectivity index (χ0) is 17.6. The average Bonchev–Trinajstić information content (AvgIpc) is 2.67. The Bertz CT molecular complexity index is 869. The number of hydrogen-bond donors (Lipinski definition) is 2. The van der Waals surface area contributed by atoms with E-state index in [9.17, 15) is 9.59 Å².